The first kappa shape index (κ1) is 16.3. The molecule has 1 aromatic heterocycles. The quantitative estimate of drug-likeness (QED) is 0.855. The fraction of sp³-hybridized carbons (Fsp3) is 0.294. The molecule has 1 atom stereocenters. The molecule has 0 aliphatic carbocycles. The Hall–Kier alpha value is -2.07. The summed E-state index contributed by atoms with van der Waals surface area (Å²) in [5.41, 5.74) is 1.99. The van der Waals surface area contributed by atoms with Crippen molar-refractivity contribution >= 4 is 17.6 Å². The second kappa shape index (κ2) is 8.39. The molecule has 4 nitrogen and oxygen atoms in total. The molecule has 0 aliphatic heterocycles. The summed E-state index contributed by atoms with van der Waals surface area (Å²) in [5.74, 6) is -0.00848. The van der Waals surface area contributed by atoms with Crippen molar-refractivity contribution in [2.24, 2.45) is 0 Å². The summed E-state index contributed by atoms with van der Waals surface area (Å²) in [4.78, 5) is 16.2. The van der Waals surface area contributed by atoms with Crippen LogP contribution in [0.25, 0.3) is 0 Å². The van der Waals surface area contributed by atoms with E-state index in [1.165, 1.54) is 0 Å². The highest BCUT2D eigenvalue weighted by molar-refractivity contribution is 6.30. The number of benzene rings is 1. The molecule has 0 saturated carbocycles. The topological polar surface area (TPSA) is 54.0 Å². The largest absolute Gasteiger partial charge is 0.338 e. The monoisotopic (exact) mass is 317 g/mol. The lowest BCUT2D eigenvalue weighted by atomic mass is 9.95. The van der Waals surface area contributed by atoms with Gasteiger partial charge in [-0.2, -0.15) is 0 Å². The number of amides is 2. The van der Waals surface area contributed by atoms with Gasteiger partial charge in [0.15, 0.2) is 0 Å². The fourth-order valence-electron chi connectivity index (χ4n) is 2.17. The normalized spacial score (nSPS) is 11.7. The van der Waals surface area contributed by atoms with Crippen LogP contribution in [0.15, 0.2) is 48.7 Å². The molecular formula is C17H20ClN3O. The maximum atomic E-state index is 11.8. The first-order chi connectivity index (χ1) is 10.7. The van der Waals surface area contributed by atoms with Crippen LogP contribution < -0.4 is 10.6 Å². The van der Waals surface area contributed by atoms with Gasteiger partial charge in [0, 0.05) is 35.9 Å². The van der Waals surface area contributed by atoms with E-state index in [-0.39, 0.29) is 11.9 Å². The van der Waals surface area contributed by atoms with E-state index in [0.717, 1.165) is 17.7 Å². The Kier molecular flexibility index (Phi) is 6.22. The van der Waals surface area contributed by atoms with E-state index in [0.29, 0.717) is 18.1 Å². The molecule has 0 saturated heterocycles. The highest BCUT2D eigenvalue weighted by Crippen LogP contribution is 2.23. The molecule has 0 spiro atoms. The van der Waals surface area contributed by atoms with Crippen molar-refractivity contribution in [1.82, 2.24) is 15.6 Å². The summed E-state index contributed by atoms with van der Waals surface area (Å²) in [6.45, 7) is 3.17. The summed E-state index contributed by atoms with van der Waals surface area (Å²) in [7, 11) is 0. The molecule has 2 N–H and O–H groups in total. The van der Waals surface area contributed by atoms with Crippen LogP contribution >= 0.6 is 11.6 Å². The average molecular weight is 318 g/mol. The summed E-state index contributed by atoms with van der Waals surface area (Å²) in [6.07, 6.45) is 2.67. The van der Waals surface area contributed by atoms with Gasteiger partial charge in [0.1, 0.15) is 0 Å². The maximum Gasteiger partial charge on any atom is 0.314 e. The van der Waals surface area contributed by atoms with Gasteiger partial charge in [0.25, 0.3) is 0 Å². The van der Waals surface area contributed by atoms with Crippen LogP contribution in [0.1, 0.15) is 30.5 Å². The van der Waals surface area contributed by atoms with Gasteiger partial charge >= 0.3 is 6.03 Å². The van der Waals surface area contributed by atoms with Gasteiger partial charge in [-0.3, -0.25) is 4.98 Å². The number of hydrogen-bond acceptors (Lipinski definition) is 2. The Morgan fingerprint density at radius 1 is 1.18 bits per heavy atom. The summed E-state index contributed by atoms with van der Waals surface area (Å²) >= 11 is 5.95. The molecule has 0 radical (unpaired) electrons. The third-order valence-electron chi connectivity index (χ3n) is 3.32. The molecule has 0 aliphatic rings. The Labute approximate surface area is 135 Å². The van der Waals surface area contributed by atoms with Crippen molar-refractivity contribution in [3.8, 4) is 0 Å². The molecule has 0 fully saturated rings. The van der Waals surface area contributed by atoms with E-state index in [1.807, 2.05) is 49.4 Å². The minimum Gasteiger partial charge on any atom is -0.338 e. The Morgan fingerprint density at radius 2 is 1.95 bits per heavy atom. The molecule has 2 aromatic rings. The predicted octanol–water partition coefficient (Wildman–Crippen LogP) is 3.58. The van der Waals surface area contributed by atoms with Crippen molar-refractivity contribution in [3.05, 3.63) is 64.9 Å². The summed E-state index contributed by atoms with van der Waals surface area (Å²) < 4.78 is 0. The number of halogens is 1. The Balaban J connectivity index is 2.12. The molecule has 0 bridgehead atoms. The minimum atomic E-state index is -0.156. The number of aromatic nitrogens is 1. The van der Waals surface area contributed by atoms with Gasteiger partial charge < -0.3 is 10.6 Å². The van der Waals surface area contributed by atoms with E-state index in [9.17, 15) is 4.79 Å². The molecule has 5 heteroatoms. The van der Waals surface area contributed by atoms with Gasteiger partial charge in [-0.25, -0.2) is 4.79 Å². The second-order valence-electron chi connectivity index (χ2n) is 5.00. The van der Waals surface area contributed by atoms with E-state index >= 15 is 0 Å². The van der Waals surface area contributed by atoms with Gasteiger partial charge in [-0.15, -0.1) is 0 Å². The Morgan fingerprint density at radius 3 is 2.59 bits per heavy atom. The van der Waals surface area contributed by atoms with Crippen molar-refractivity contribution in [2.75, 3.05) is 13.1 Å². The number of carbonyl (C=O) groups is 1. The lowest BCUT2D eigenvalue weighted by Crippen LogP contribution is -2.38. The van der Waals surface area contributed by atoms with Crippen molar-refractivity contribution in [2.45, 2.75) is 19.3 Å². The lowest BCUT2D eigenvalue weighted by Gasteiger charge is -2.18. The zero-order valence-corrected chi connectivity index (χ0v) is 13.3. The van der Waals surface area contributed by atoms with Crippen LogP contribution in [0.3, 0.4) is 0 Å². The minimum absolute atomic E-state index is 0.00848. The van der Waals surface area contributed by atoms with Gasteiger partial charge in [-0.05, 0) is 36.2 Å². The standard InChI is InChI=1S/C17H20ClN3O/c1-2-10-20-17(22)21-12-15(16-5-3-4-11-19-16)13-6-8-14(18)9-7-13/h3-9,11,15H,2,10,12H2,1H3,(H2,20,21,22). The predicted molar refractivity (Wildman–Crippen MR) is 89.2 cm³/mol. The smallest absolute Gasteiger partial charge is 0.314 e. The van der Waals surface area contributed by atoms with E-state index in [4.69, 9.17) is 11.6 Å². The van der Waals surface area contributed by atoms with Crippen LogP contribution in [0.2, 0.25) is 5.02 Å². The van der Waals surface area contributed by atoms with Crippen LogP contribution in [-0.4, -0.2) is 24.1 Å². The second-order valence-corrected chi connectivity index (χ2v) is 5.43. The van der Waals surface area contributed by atoms with E-state index in [1.54, 1.807) is 6.20 Å². The lowest BCUT2D eigenvalue weighted by molar-refractivity contribution is 0.240. The number of carbonyl (C=O) groups excluding carboxylic acids is 1. The van der Waals surface area contributed by atoms with Crippen LogP contribution in [0.5, 0.6) is 0 Å². The molecule has 1 aromatic carbocycles. The number of rotatable bonds is 6. The maximum absolute atomic E-state index is 11.8. The summed E-state index contributed by atoms with van der Waals surface area (Å²) in [6, 6.07) is 13.3. The number of hydrogen-bond donors (Lipinski definition) is 2. The SMILES string of the molecule is CCCNC(=O)NCC(c1ccc(Cl)cc1)c1ccccn1. The molecular weight excluding hydrogens is 298 g/mol. The fourth-order valence-corrected chi connectivity index (χ4v) is 2.29. The molecule has 1 heterocycles. The van der Waals surface area contributed by atoms with Crippen molar-refractivity contribution < 1.29 is 4.79 Å². The number of pyridine rings is 1. The first-order valence-electron chi connectivity index (χ1n) is 7.38. The molecule has 1 unspecified atom stereocenters. The Bertz CT molecular complexity index is 587. The third-order valence-corrected chi connectivity index (χ3v) is 3.57. The molecule has 2 amide bonds. The molecule has 116 valence electrons. The van der Waals surface area contributed by atoms with Crippen molar-refractivity contribution in [3.63, 3.8) is 0 Å². The van der Waals surface area contributed by atoms with Crippen LogP contribution in [0, 0.1) is 0 Å². The van der Waals surface area contributed by atoms with Gasteiger partial charge in [0.05, 0.1) is 0 Å². The summed E-state index contributed by atoms with van der Waals surface area (Å²) in [5, 5.41) is 6.41. The number of urea groups is 1. The third kappa shape index (κ3) is 4.74. The van der Waals surface area contributed by atoms with E-state index < -0.39 is 0 Å². The number of nitrogens with one attached hydrogen (secondary N) is 2. The van der Waals surface area contributed by atoms with Crippen LogP contribution in [0.4, 0.5) is 4.79 Å². The van der Waals surface area contributed by atoms with Gasteiger partial charge in [-0.1, -0.05) is 36.7 Å². The van der Waals surface area contributed by atoms with Gasteiger partial charge in [0.2, 0.25) is 0 Å². The highest BCUT2D eigenvalue weighted by atomic mass is 35.5. The van der Waals surface area contributed by atoms with Crippen LogP contribution in [-0.2, 0) is 0 Å². The highest BCUT2D eigenvalue weighted by Gasteiger charge is 2.16. The molecule has 2 rings (SSSR count). The first-order valence-corrected chi connectivity index (χ1v) is 7.76. The average Bonchev–Trinajstić information content (AvgIpc) is 2.55. The molecule has 22 heavy (non-hydrogen) atoms. The van der Waals surface area contributed by atoms with Crippen molar-refractivity contribution in [1.29, 1.82) is 0 Å². The van der Waals surface area contributed by atoms with E-state index in [2.05, 4.69) is 15.6 Å². The zero-order chi connectivity index (χ0) is 15.8. The number of nitrogens with zero attached hydrogens (tertiary/aromatic N) is 1. The zero-order valence-electron chi connectivity index (χ0n) is 12.6.